The summed E-state index contributed by atoms with van der Waals surface area (Å²) in [6.07, 6.45) is 1.16. The van der Waals surface area contributed by atoms with E-state index in [9.17, 15) is 9.90 Å². The Balaban J connectivity index is 2.58. The molecule has 0 aromatic heterocycles. The van der Waals surface area contributed by atoms with Gasteiger partial charge in [-0.1, -0.05) is 43.7 Å². The standard InChI is InChI=1S/C14H20O3/c1-3-7-12(17-2)10-13(15)14(16)11-8-5-4-6-9-11/h4-6,8-9,12-13,15H,3,7,10H2,1-2H3. The van der Waals surface area contributed by atoms with Crippen LogP contribution < -0.4 is 0 Å². The highest BCUT2D eigenvalue weighted by Crippen LogP contribution is 2.12. The van der Waals surface area contributed by atoms with Crippen LogP contribution >= 0.6 is 0 Å². The van der Waals surface area contributed by atoms with E-state index in [2.05, 4.69) is 6.92 Å². The average molecular weight is 236 g/mol. The lowest BCUT2D eigenvalue weighted by atomic mass is 10.00. The van der Waals surface area contributed by atoms with E-state index in [4.69, 9.17) is 4.74 Å². The summed E-state index contributed by atoms with van der Waals surface area (Å²) < 4.78 is 5.24. The topological polar surface area (TPSA) is 46.5 Å². The fourth-order valence-corrected chi connectivity index (χ4v) is 1.80. The average Bonchev–Trinajstić information content (AvgIpc) is 2.38. The van der Waals surface area contributed by atoms with E-state index >= 15 is 0 Å². The van der Waals surface area contributed by atoms with Crippen LogP contribution in [0.3, 0.4) is 0 Å². The fraction of sp³-hybridized carbons (Fsp3) is 0.500. The van der Waals surface area contributed by atoms with E-state index in [1.807, 2.05) is 6.07 Å². The molecule has 1 aromatic rings. The van der Waals surface area contributed by atoms with Gasteiger partial charge >= 0.3 is 0 Å². The number of hydrogen-bond acceptors (Lipinski definition) is 3. The summed E-state index contributed by atoms with van der Waals surface area (Å²) >= 11 is 0. The molecule has 1 aromatic carbocycles. The second-order valence-electron chi connectivity index (χ2n) is 4.13. The van der Waals surface area contributed by atoms with Crippen molar-refractivity contribution in [1.82, 2.24) is 0 Å². The molecule has 0 aliphatic rings. The highest BCUT2D eigenvalue weighted by Gasteiger charge is 2.21. The molecule has 0 heterocycles. The third-order valence-corrected chi connectivity index (χ3v) is 2.79. The number of Topliss-reactive ketones (excluding diaryl/α,β-unsaturated/α-hetero) is 1. The first-order valence-corrected chi connectivity index (χ1v) is 5.99. The predicted octanol–water partition coefficient (Wildman–Crippen LogP) is 2.44. The van der Waals surface area contributed by atoms with E-state index in [-0.39, 0.29) is 11.9 Å². The van der Waals surface area contributed by atoms with Gasteiger partial charge < -0.3 is 9.84 Å². The van der Waals surface area contributed by atoms with Crippen molar-refractivity contribution in [3.8, 4) is 0 Å². The maximum atomic E-state index is 11.9. The molecule has 0 aliphatic carbocycles. The van der Waals surface area contributed by atoms with Crippen molar-refractivity contribution >= 4 is 5.78 Å². The molecule has 2 unspecified atom stereocenters. The molecule has 0 radical (unpaired) electrons. The molecule has 3 nitrogen and oxygen atoms in total. The summed E-state index contributed by atoms with van der Waals surface area (Å²) in [6, 6.07) is 8.86. The number of aliphatic hydroxyl groups excluding tert-OH is 1. The van der Waals surface area contributed by atoms with E-state index in [1.54, 1.807) is 31.4 Å². The number of ether oxygens (including phenoxy) is 1. The number of rotatable bonds is 7. The summed E-state index contributed by atoms with van der Waals surface area (Å²) in [5.74, 6) is -0.233. The number of methoxy groups -OCH3 is 1. The predicted molar refractivity (Wildman–Crippen MR) is 67.1 cm³/mol. The van der Waals surface area contributed by atoms with Gasteiger partial charge in [-0.25, -0.2) is 0 Å². The molecule has 3 heteroatoms. The second-order valence-corrected chi connectivity index (χ2v) is 4.13. The van der Waals surface area contributed by atoms with E-state index in [1.165, 1.54) is 0 Å². The first kappa shape index (κ1) is 13.9. The third-order valence-electron chi connectivity index (χ3n) is 2.79. The molecule has 0 saturated heterocycles. The quantitative estimate of drug-likeness (QED) is 0.740. The van der Waals surface area contributed by atoms with Gasteiger partial charge in [0.1, 0.15) is 6.10 Å². The Morgan fingerprint density at radius 1 is 1.35 bits per heavy atom. The molecule has 0 spiro atoms. The minimum absolute atomic E-state index is 0.0531. The lowest BCUT2D eigenvalue weighted by Gasteiger charge is -2.17. The van der Waals surface area contributed by atoms with Gasteiger partial charge in [0.05, 0.1) is 6.10 Å². The number of benzene rings is 1. The van der Waals surface area contributed by atoms with Crippen LogP contribution in [-0.4, -0.2) is 30.2 Å². The zero-order valence-corrected chi connectivity index (χ0v) is 10.4. The van der Waals surface area contributed by atoms with Crippen molar-refractivity contribution in [3.05, 3.63) is 35.9 Å². The van der Waals surface area contributed by atoms with Crippen LogP contribution in [0.1, 0.15) is 36.5 Å². The summed E-state index contributed by atoms with van der Waals surface area (Å²) in [5.41, 5.74) is 0.548. The number of ketones is 1. The van der Waals surface area contributed by atoms with E-state index < -0.39 is 6.10 Å². The summed E-state index contributed by atoms with van der Waals surface area (Å²) in [5, 5.41) is 9.87. The minimum atomic E-state index is -0.978. The molecule has 0 bridgehead atoms. The Morgan fingerprint density at radius 3 is 2.53 bits per heavy atom. The first-order chi connectivity index (χ1) is 8.19. The van der Waals surface area contributed by atoms with Gasteiger partial charge in [0.15, 0.2) is 5.78 Å². The zero-order chi connectivity index (χ0) is 12.7. The fourth-order valence-electron chi connectivity index (χ4n) is 1.80. The molecule has 17 heavy (non-hydrogen) atoms. The van der Waals surface area contributed by atoms with Gasteiger partial charge in [-0.2, -0.15) is 0 Å². The van der Waals surface area contributed by atoms with Crippen LogP contribution in [-0.2, 0) is 4.74 Å². The Hall–Kier alpha value is -1.19. The lowest BCUT2D eigenvalue weighted by molar-refractivity contribution is 0.0355. The first-order valence-electron chi connectivity index (χ1n) is 5.99. The van der Waals surface area contributed by atoms with Crippen molar-refractivity contribution in [2.45, 2.75) is 38.4 Å². The van der Waals surface area contributed by atoms with Gasteiger partial charge in [-0.05, 0) is 6.42 Å². The Morgan fingerprint density at radius 2 is 2.00 bits per heavy atom. The number of carbonyl (C=O) groups is 1. The Kier molecular flexibility index (Phi) is 5.87. The van der Waals surface area contributed by atoms with Crippen molar-refractivity contribution in [2.24, 2.45) is 0 Å². The van der Waals surface area contributed by atoms with Crippen LogP contribution in [0.25, 0.3) is 0 Å². The Bertz CT molecular complexity index is 335. The summed E-state index contributed by atoms with van der Waals surface area (Å²) in [4.78, 5) is 11.9. The lowest BCUT2D eigenvalue weighted by Crippen LogP contribution is -2.27. The highest BCUT2D eigenvalue weighted by molar-refractivity contribution is 5.99. The summed E-state index contributed by atoms with van der Waals surface area (Å²) in [6.45, 7) is 2.05. The maximum Gasteiger partial charge on any atom is 0.191 e. The largest absolute Gasteiger partial charge is 0.385 e. The summed E-state index contributed by atoms with van der Waals surface area (Å²) in [7, 11) is 1.61. The van der Waals surface area contributed by atoms with Gasteiger partial charge in [0, 0.05) is 19.1 Å². The van der Waals surface area contributed by atoms with Gasteiger partial charge in [0.25, 0.3) is 0 Å². The normalized spacial score (nSPS) is 14.3. The van der Waals surface area contributed by atoms with E-state index in [0.717, 1.165) is 12.8 Å². The van der Waals surface area contributed by atoms with Crippen molar-refractivity contribution < 1.29 is 14.6 Å². The molecular formula is C14H20O3. The van der Waals surface area contributed by atoms with Crippen LogP contribution in [0.15, 0.2) is 30.3 Å². The monoisotopic (exact) mass is 236 g/mol. The minimum Gasteiger partial charge on any atom is -0.385 e. The van der Waals surface area contributed by atoms with E-state index in [0.29, 0.717) is 12.0 Å². The molecule has 0 saturated carbocycles. The molecule has 0 aliphatic heterocycles. The van der Waals surface area contributed by atoms with Crippen LogP contribution in [0.2, 0.25) is 0 Å². The molecule has 0 fully saturated rings. The molecule has 0 amide bonds. The highest BCUT2D eigenvalue weighted by atomic mass is 16.5. The molecule has 1 rings (SSSR count). The van der Waals surface area contributed by atoms with Gasteiger partial charge in [-0.15, -0.1) is 0 Å². The number of aliphatic hydroxyl groups is 1. The maximum absolute atomic E-state index is 11.9. The number of carbonyl (C=O) groups excluding carboxylic acids is 1. The molecule has 94 valence electrons. The third kappa shape index (κ3) is 4.29. The van der Waals surface area contributed by atoms with Crippen LogP contribution in [0.5, 0.6) is 0 Å². The van der Waals surface area contributed by atoms with Crippen molar-refractivity contribution in [1.29, 1.82) is 0 Å². The van der Waals surface area contributed by atoms with Crippen molar-refractivity contribution in [2.75, 3.05) is 7.11 Å². The van der Waals surface area contributed by atoms with Gasteiger partial charge in [0.2, 0.25) is 0 Å². The molecule has 1 N–H and O–H groups in total. The van der Waals surface area contributed by atoms with Crippen LogP contribution in [0.4, 0.5) is 0 Å². The zero-order valence-electron chi connectivity index (χ0n) is 10.4. The molecule has 2 atom stereocenters. The van der Waals surface area contributed by atoms with Crippen LogP contribution in [0, 0.1) is 0 Å². The smallest absolute Gasteiger partial charge is 0.191 e. The van der Waals surface area contributed by atoms with Gasteiger partial charge in [-0.3, -0.25) is 4.79 Å². The number of hydrogen-bond donors (Lipinski definition) is 1. The SMILES string of the molecule is CCCC(CC(O)C(=O)c1ccccc1)OC. The molecular weight excluding hydrogens is 216 g/mol. The van der Waals surface area contributed by atoms with Crippen molar-refractivity contribution in [3.63, 3.8) is 0 Å². The second kappa shape index (κ2) is 7.20. The Labute approximate surface area is 102 Å².